The Labute approximate surface area is 120 Å². The SMILES string of the molecule is CCOC1(c2ccccc2)CC1C(=O)NN=CC(C)C. The van der Waals surface area contributed by atoms with E-state index < -0.39 is 5.60 Å². The number of nitrogens with one attached hydrogen (secondary N) is 1. The zero-order valence-electron chi connectivity index (χ0n) is 12.3. The molecule has 1 amide bonds. The lowest BCUT2D eigenvalue weighted by Crippen LogP contribution is -2.26. The molecule has 2 atom stereocenters. The standard InChI is InChI=1S/C16H22N2O2/c1-4-20-16(13-8-6-5-7-9-13)10-14(16)15(19)18-17-11-12(2)3/h5-9,11-12,14H,4,10H2,1-3H3,(H,18,19). The number of hydrogen-bond donors (Lipinski definition) is 1. The van der Waals surface area contributed by atoms with Crippen molar-refractivity contribution in [2.45, 2.75) is 32.8 Å². The average molecular weight is 274 g/mol. The van der Waals surface area contributed by atoms with Gasteiger partial charge in [0.05, 0.1) is 5.92 Å². The maximum absolute atomic E-state index is 12.1. The highest BCUT2D eigenvalue weighted by atomic mass is 16.5. The van der Waals surface area contributed by atoms with E-state index in [1.54, 1.807) is 6.21 Å². The third kappa shape index (κ3) is 3.07. The van der Waals surface area contributed by atoms with E-state index in [0.29, 0.717) is 18.9 Å². The number of amides is 1. The molecule has 108 valence electrons. The summed E-state index contributed by atoms with van der Waals surface area (Å²) in [4.78, 5) is 12.1. The molecule has 1 saturated carbocycles. The van der Waals surface area contributed by atoms with E-state index in [0.717, 1.165) is 5.56 Å². The zero-order valence-corrected chi connectivity index (χ0v) is 12.3. The van der Waals surface area contributed by atoms with Crippen LogP contribution in [0.15, 0.2) is 35.4 Å². The number of carbonyl (C=O) groups excluding carboxylic acids is 1. The van der Waals surface area contributed by atoms with Crippen LogP contribution < -0.4 is 5.43 Å². The monoisotopic (exact) mass is 274 g/mol. The number of benzene rings is 1. The first-order valence-corrected chi connectivity index (χ1v) is 7.12. The highest BCUT2D eigenvalue weighted by molar-refractivity contribution is 5.84. The van der Waals surface area contributed by atoms with Crippen molar-refractivity contribution in [3.8, 4) is 0 Å². The summed E-state index contributed by atoms with van der Waals surface area (Å²) in [5.41, 5.74) is 3.21. The molecule has 0 bridgehead atoms. The third-order valence-electron chi connectivity index (χ3n) is 3.44. The molecule has 0 saturated heterocycles. The maximum Gasteiger partial charge on any atom is 0.246 e. The molecule has 4 heteroatoms. The van der Waals surface area contributed by atoms with Gasteiger partial charge in [-0.2, -0.15) is 5.10 Å². The Morgan fingerprint density at radius 2 is 2.20 bits per heavy atom. The Balaban J connectivity index is 2.06. The molecule has 2 rings (SSSR count). The second-order valence-corrected chi connectivity index (χ2v) is 5.44. The van der Waals surface area contributed by atoms with Crippen LogP contribution in [0.2, 0.25) is 0 Å². The van der Waals surface area contributed by atoms with Crippen LogP contribution in [-0.2, 0) is 15.1 Å². The largest absolute Gasteiger partial charge is 0.370 e. The van der Waals surface area contributed by atoms with E-state index >= 15 is 0 Å². The van der Waals surface area contributed by atoms with Gasteiger partial charge in [-0.05, 0) is 24.8 Å². The molecule has 1 fully saturated rings. The van der Waals surface area contributed by atoms with Gasteiger partial charge in [0.2, 0.25) is 5.91 Å². The summed E-state index contributed by atoms with van der Waals surface area (Å²) < 4.78 is 5.87. The smallest absolute Gasteiger partial charge is 0.246 e. The van der Waals surface area contributed by atoms with E-state index in [9.17, 15) is 4.79 Å². The Hall–Kier alpha value is -1.68. The fourth-order valence-electron chi connectivity index (χ4n) is 2.42. The van der Waals surface area contributed by atoms with Gasteiger partial charge in [-0.1, -0.05) is 44.2 Å². The van der Waals surface area contributed by atoms with Gasteiger partial charge in [-0.3, -0.25) is 4.79 Å². The quantitative estimate of drug-likeness (QED) is 0.640. The zero-order chi connectivity index (χ0) is 14.6. The second kappa shape index (κ2) is 6.18. The van der Waals surface area contributed by atoms with Crippen LogP contribution in [0.3, 0.4) is 0 Å². The van der Waals surface area contributed by atoms with Gasteiger partial charge >= 0.3 is 0 Å². The fourth-order valence-corrected chi connectivity index (χ4v) is 2.42. The highest BCUT2D eigenvalue weighted by Gasteiger charge is 2.60. The molecule has 2 unspecified atom stereocenters. The van der Waals surface area contributed by atoms with E-state index in [4.69, 9.17) is 4.74 Å². The van der Waals surface area contributed by atoms with Gasteiger partial charge in [0.25, 0.3) is 0 Å². The second-order valence-electron chi connectivity index (χ2n) is 5.44. The van der Waals surface area contributed by atoms with Gasteiger partial charge in [-0.15, -0.1) is 0 Å². The summed E-state index contributed by atoms with van der Waals surface area (Å²) in [5, 5.41) is 3.97. The minimum atomic E-state index is -0.465. The van der Waals surface area contributed by atoms with Crippen molar-refractivity contribution >= 4 is 12.1 Å². The average Bonchev–Trinajstić information content (AvgIpc) is 3.15. The molecule has 1 N–H and O–H groups in total. The molecule has 4 nitrogen and oxygen atoms in total. The van der Waals surface area contributed by atoms with Crippen molar-refractivity contribution in [3.63, 3.8) is 0 Å². The van der Waals surface area contributed by atoms with Crippen LogP contribution >= 0.6 is 0 Å². The van der Waals surface area contributed by atoms with Crippen LogP contribution in [0.5, 0.6) is 0 Å². The minimum absolute atomic E-state index is 0.0702. The van der Waals surface area contributed by atoms with Crippen molar-refractivity contribution in [2.24, 2.45) is 16.9 Å². The van der Waals surface area contributed by atoms with Gasteiger partial charge in [0.1, 0.15) is 5.60 Å². The topological polar surface area (TPSA) is 50.7 Å². The lowest BCUT2D eigenvalue weighted by molar-refractivity contribution is -0.124. The molecule has 0 heterocycles. The Morgan fingerprint density at radius 3 is 2.80 bits per heavy atom. The summed E-state index contributed by atoms with van der Waals surface area (Å²) in [6, 6.07) is 9.94. The van der Waals surface area contributed by atoms with E-state index in [1.165, 1.54) is 0 Å². The van der Waals surface area contributed by atoms with Crippen molar-refractivity contribution < 1.29 is 9.53 Å². The van der Waals surface area contributed by atoms with Crippen LogP contribution in [0.4, 0.5) is 0 Å². The van der Waals surface area contributed by atoms with Gasteiger partial charge in [-0.25, -0.2) is 5.43 Å². The van der Waals surface area contributed by atoms with Crippen molar-refractivity contribution in [1.29, 1.82) is 0 Å². The lowest BCUT2D eigenvalue weighted by atomic mass is 10.1. The molecule has 0 aromatic heterocycles. The predicted octanol–water partition coefficient (Wildman–Crippen LogP) is 2.70. The molecule has 20 heavy (non-hydrogen) atoms. The van der Waals surface area contributed by atoms with Crippen LogP contribution in [0.25, 0.3) is 0 Å². The first kappa shape index (κ1) is 14.7. The van der Waals surface area contributed by atoms with Gasteiger partial charge in [0, 0.05) is 12.8 Å². The van der Waals surface area contributed by atoms with Crippen LogP contribution in [0.1, 0.15) is 32.8 Å². The molecule has 1 aromatic carbocycles. The number of ether oxygens (including phenoxy) is 1. The molecule has 1 aromatic rings. The number of carbonyl (C=O) groups is 1. The minimum Gasteiger partial charge on any atom is -0.370 e. The Morgan fingerprint density at radius 1 is 1.50 bits per heavy atom. The summed E-state index contributed by atoms with van der Waals surface area (Å²) in [6.45, 7) is 6.57. The van der Waals surface area contributed by atoms with Crippen molar-refractivity contribution in [1.82, 2.24) is 5.43 Å². The summed E-state index contributed by atoms with van der Waals surface area (Å²) in [7, 11) is 0. The van der Waals surface area contributed by atoms with Gasteiger partial charge in [0.15, 0.2) is 0 Å². The molecular formula is C16H22N2O2. The first-order valence-electron chi connectivity index (χ1n) is 7.12. The molecule has 1 aliphatic carbocycles. The third-order valence-corrected chi connectivity index (χ3v) is 3.44. The number of rotatable bonds is 6. The van der Waals surface area contributed by atoms with Crippen molar-refractivity contribution in [3.05, 3.63) is 35.9 Å². The maximum atomic E-state index is 12.1. The lowest BCUT2D eigenvalue weighted by Gasteiger charge is -2.17. The fraction of sp³-hybridized carbons (Fsp3) is 0.500. The van der Waals surface area contributed by atoms with Crippen molar-refractivity contribution in [2.75, 3.05) is 6.61 Å². The summed E-state index contributed by atoms with van der Waals surface area (Å²) >= 11 is 0. The molecular weight excluding hydrogens is 252 g/mol. The van der Waals surface area contributed by atoms with E-state index in [-0.39, 0.29) is 11.8 Å². The highest BCUT2D eigenvalue weighted by Crippen LogP contribution is 2.55. The van der Waals surface area contributed by atoms with Gasteiger partial charge < -0.3 is 4.74 Å². The van der Waals surface area contributed by atoms with Crippen LogP contribution in [-0.4, -0.2) is 18.7 Å². The number of hydrazone groups is 1. The first-order chi connectivity index (χ1) is 9.60. The van der Waals surface area contributed by atoms with E-state index in [2.05, 4.69) is 10.5 Å². The van der Waals surface area contributed by atoms with Crippen LogP contribution in [0, 0.1) is 11.8 Å². The molecule has 0 aliphatic heterocycles. The molecule has 0 radical (unpaired) electrons. The number of hydrogen-bond acceptors (Lipinski definition) is 3. The predicted molar refractivity (Wildman–Crippen MR) is 79.3 cm³/mol. The Kier molecular flexibility index (Phi) is 4.55. The summed E-state index contributed by atoms with van der Waals surface area (Å²) in [6.07, 6.45) is 2.44. The number of nitrogens with zero attached hydrogens (tertiary/aromatic N) is 1. The molecule has 0 spiro atoms. The summed E-state index contributed by atoms with van der Waals surface area (Å²) in [5.74, 6) is 0.0913. The normalized spacial score (nSPS) is 25.1. The van der Waals surface area contributed by atoms with E-state index in [1.807, 2.05) is 51.1 Å². The Bertz CT molecular complexity index is 485. The molecule has 1 aliphatic rings.